The molecule has 1 N–H and O–H groups in total. The first-order valence-electron chi connectivity index (χ1n) is 7.50. The van der Waals surface area contributed by atoms with Crippen molar-refractivity contribution in [3.05, 3.63) is 66.2 Å². The largest absolute Gasteiger partial charge is 0.496 e. The molecule has 0 spiro atoms. The lowest BCUT2D eigenvalue weighted by molar-refractivity contribution is 0.102. The van der Waals surface area contributed by atoms with Crippen LogP contribution in [0.1, 0.15) is 22.8 Å². The molecular formula is C19H21NO2S. The first-order valence-corrected chi connectivity index (χ1v) is 8.49. The van der Waals surface area contributed by atoms with Crippen LogP contribution >= 0.6 is 11.8 Å². The average Bonchev–Trinajstić information content (AvgIpc) is 2.57. The highest BCUT2D eigenvalue weighted by Gasteiger charge is 2.11. The summed E-state index contributed by atoms with van der Waals surface area (Å²) in [5, 5.41) is 2.99. The second-order valence-electron chi connectivity index (χ2n) is 4.90. The first kappa shape index (κ1) is 17.2. The van der Waals surface area contributed by atoms with Crippen LogP contribution in [0.5, 0.6) is 5.75 Å². The molecule has 23 heavy (non-hydrogen) atoms. The summed E-state index contributed by atoms with van der Waals surface area (Å²) < 4.78 is 5.32. The van der Waals surface area contributed by atoms with Gasteiger partial charge >= 0.3 is 0 Å². The number of rotatable bonds is 7. The molecule has 0 atom stereocenters. The quantitative estimate of drug-likeness (QED) is 0.587. The van der Waals surface area contributed by atoms with Gasteiger partial charge < -0.3 is 10.1 Å². The molecule has 2 rings (SSSR count). The Hall–Kier alpha value is -2.20. The molecule has 0 aliphatic rings. The molecule has 0 heterocycles. The van der Waals surface area contributed by atoms with E-state index in [1.807, 2.05) is 36.4 Å². The Morgan fingerprint density at radius 1 is 1.30 bits per heavy atom. The van der Waals surface area contributed by atoms with E-state index in [-0.39, 0.29) is 5.91 Å². The third kappa shape index (κ3) is 4.39. The molecule has 0 aliphatic heterocycles. The van der Waals surface area contributed by atoms with Gasteiger partial charge in [0.15, 0.2) is 0 Å². The Kier molecular flexibility index (Phi) is 6.29. The fourth-order valence-corrected chi connectivity index (χ4v) is 3.04. The van der Waals surface area contributed by atoms with Gasteiger partial charge in [-0.15, -0.1) is 18.3 Å². The molecule has 120 valence electrons. The summed E-state index contributed by atoms with van der Waals surface area (Å²) in [5.74, 6) is 1.60. The van der Waals surface area contributed by atoms with E-state index in [2.05, 4.69) is 18.8 Å². The number of hydrogen-bond donors (Lipinski definition) is 1. The minimum atomic E-state index is -0.123. The second kappa shape index (κ2) is 8.44. The predicted molar refractivity (Wildman–Crippen MR) is 97.7 cm³/mol. The van der Waals surface area contributed by atoms with Gasteiger partial charge in [0.1, 0.15) is 5.75 Å². The number of carbonyl (C=O) groups excluding carboxylic acids is 1. The summed E-state index contributed by atoms with van der Waals surface area (Å²) in [4.78, 5) is 13.6. The molecule has 3 nitrogen and oxygen atoms in total. The van der Waals surface area contributed by atoms with Crippen molar-refractivity contribution in [1.82, 2.24) is 0 Å². The number of allylic oxidation sites excluding steroid dienone is 1. The van der Waals surface area contributed by atoms with Crippen molar-refractivity contribution in [2.45, 2.75) is 18.2 Å². The number of para-hydroxylation sites is 1. The molecular weight excluding hydrogens is 306 g/mol. The van der Waals surface area contributed by atoms with Gasteiger partial charge in [-0.2, -0.15) is 0 Å². The third-order valence-corrected chi connectivity index (χ3v) is 4.30. The van der Waals surface area contributed by atoms with Crippen LogP contribution < -0.4 is 10.1 Å². The third-order valence-electron chi connectivity index (χ3n) is 3.34. The van der Waals surface area contributed by atoms with Crippen molar-refractivity contribution in [3.8, 4) is 5.75 Å². The van der Waals surface area contributed by atoms with E-state index in [9.17, 15) is 4.79 Å². The van der Waals surface area contributed by atoms with Gasteiger partial charge in [0.25, 0.3) is 5.91 Å². The van der Waals surface area contributed by atoms with Crippen molar-refractivity contribution >= 4 is 23.4 Å². The van der Waals surface area contributed by atoms with Crippen LogP contribution in [-0.2, 0) is 6.42 Å². The molecule has 0 fully saturated rings. The summed E-state index contributed by atoms with van der Waals surface area (Å²) in [7, 11) is 1.62. The second-order valence-corrected chi connectivity index (χ2v) is 6.21. The van der Waals surface area contributed by atoms with Gasteiger partial charge in [-0.25, -0.2) is 0 Å². The van der Waals surface area contributed by atoms with Crippen LogP contribution in [0.15, 0.2) is 60.0 Å². The van der Waals surface area contributed by atoms with Crippen molar-refractivity contribution in [2.75, 3.05) is 18.2 Å². The Balaban J connectivity index is 2.24. The van der Waals surface area contributed by atoms with E-state index >= 15 is 0 Å². The van der Waals surface area contributed by atoms with Gasteiger partial charge in [-0.05, 0) is 48.1 Å². The predicted octanol–water partition coefficient (Wildman–Crippen LogP) is 4.79. The van der Waals surface area contributed by atoms with Gasteiger partial charge in [0.2, 0.25) is 0 Å². The highest BCUT2D eigenvalue weighted by Crippen LogP contribution is 2.27. The lowest BCUT2D eigenvalue weighted by Crippen LogP contribution is -2.13. The molecule has 0 bridgehead atoms. The molecule has 0 radical (unpaired) electrons. The summed E-state index contributed by atoms with van der Waals surface area (Å²) >= 11 is 1.71. The van der Waals surface area contributed by atoms with E-state index in [1.165, 1.54) is 0 Å². The highest BCUT2D eigenvalue weighted by atomic mass is 32.2. The standard InChI is InChI=1S/C19H21NO2S/c1-4-8-14-13-15(11-12-17(14)22-3)19(21)20-16-9-6-7-10-18(16)23-5-2/h4,6-7,9-13H,1,5,8H2,2-3H3,(H,20,21). The SMILES string of the molecule is C=CCc1cc(C(=O)Nc2ccccc2SCC)ccc1OC. The lowest BCUT2D eigenvalue weighted by Gasteiger charge is -2.12. The maximum atomic E-state index is 12.5. The highest BCUT2D eigenvalue weighted by molar-refractivity contribution is 7.99. The number of anilines is 1. The van der Waals surface area contributed by atoms with Crippen molar-refractivity contribution in [3.63, 3.8) is 0 Å². The van der Waals surface area contributed by atoms with Gasteiger partial charge in [-0.3, -0.25) is 4.79 Å². The molecule has 4 heteroatoms. The van der Waals surface area contributed by atoms with Crippen molar-refractivity contribution in [2.24, 2.45) is 0 Å². The summed E-state index contributed by atoms with van der Waals surface area (Å²) in [6.07, 6.45) is 2.46. The molecule has 2 aromatic carbocycles. The van der Waals surface area contributed by atoms with Crippen LogP contribution in [0, 0.1) is 0 Å². The lowest BCUT2D eigenvalue weighted by atomic mass is 10.1. The Morgan fingerprint density at radius 2 is 2.09 bits per heavy atom. The zero-order chi connectivity index (χ0) is 16.7. The topological polar surface area (TPSA) is 38.3 Å². The number of amides is 1. The number of ether oxygens (including phenoxy) is 1. The fourth-order valence-electron chi connectivity index (χ4n) is 2.28. The van der Waals surface area contributed by atoms with Crippen molar-refractivity contribution in [1.29, 1.82) is 0 Å². The van der Waals surface area contributed by atoms with E-state index in [0.29, 0.717) is 12.0 Å². The molecule has 1 amide bonds. The monoisotopic (exact) mass is 327 g/mol. The molecule has 2 aromatic rings. The molecule has 0 aromatic heterocycles. The molecule has 0 unspecified atom stereocenters. The van der Waals surface area contributed by atoms with E-state index in [4.69, 9.17) is 4.74 Å². The van der Waals surface area contributed by atoms with Crippen LogP contribution in [-0.4, -0.2) is 18.8 Å². The summed E-state index contributed by atoms with van der Waals surface area (Å²) in [6, 6.07) is 13.3. The van der Waals surface area contributed by atoms with Crippen LogP contribution in [0.25, 0.3) is 0 Å². The van der Waals surface area contributed by atoms with Crippen LogP contribution in [0.3, 0.4) is 0 Å². The minimum absolute atomic E-state index is 0.123. The van der Waals surface area contributed by atoms with Gasteiger partial charge in [-0.1, -0.05) is 25.1 Å². The van der Waals surface area contributed by atoms with Gasteiger partial charge in [0.05, 0.1) is 12.8 Å². The maximum Gasteiger partial charge on any atom is 0.255 e. The van der Waals surface area contributed by atoms with E-state index in [0.717, 1.165) is 27.6 Å². The Bertz CT molecular complexity index is 698. The zero-order valence-electron chi connectivity index (χ0n) is 13.5. The number of carbonyl (C=O) groups is 1. The number of hydrogen-bond acceptors (Lipinski definition) is 3. The molecule has 0 aliphatic carbocycles. The smallest absolute Gasteiger partial charge is 0.255 e. The summed E-state index contributed by atoms with van der Waals surface area (Å²) in [6.45, 7) is 5.84. The fraction of sp³-hybridized carbons (Fsp3) is 0.211. The van der Waals surface area contributed by atoms with E-state index < -0.39 is 0 Å². The Labute approximate surface area is 141 Å². The van der Waals surface area contributed by atoms with Crippen molar-refractivity contribution < 1.29 is 9.53 Å². The van der Waals surface area contributed by atoms with Crippen LogP contribution in [0.4, 0.5) is 5.69 Å². The molecule has 0 saturated heterocycles. The van der Waals surface area contributed by atoms with E-state index in [1.54, 1.807) is 31.0 Å². The normalized spacial score (nSPS) is 10.2. The number of nitrogens with one attached hydrogen (secondary N) is 1. The Morgan fingerprint density at radius 3 is 2.78 bits per heavy atom. The number of thioether (sulfide) groups is 1. The number of methoxy groups -OCH3 is 1. The minimum Gasteiger partial charge on any atom is -0.496 e. The molecule has 0 saturated carbocycles. The number of benzene rings is 2. The van der Waals surface area contributed by atoms with Gasteiger partial charge in [0, 0.05) is 10.5 Å². The maximum absolute atomic E-state index is 12.5. The summed E-state index contributed by atoms with van der Waals surface area (Å²) in [5.41, 5.74) is 2.40. The van der Waals surface area contributed by atoms with Crippen LogP contribution in [0.2, 0.25) is 0 Å². The first-order chi connectivity index (χ1) is 11.2. The average molecular weight is 327 g/mol. The zero-order valence-corrected chi connectivity index (χ0v) is 14.3.